The van der Waals surface area contributed by atoms with Gasteiger partial charge in [-0.1, -0.05) is 10.3 Å². The van der Waals surface area contributed by atoms with Gasteiger partial charge in [-0.3, -0.25) is 0 Å². The summed E-state index contributed by atoms with van der Waals surface area (Å²) in [6.45, 7) is 7.48. The van der Waals surface area contributed by atoms with Crippen LogP contribution in [0.4, 0.5) is 0 Å². The lowest BCUT2D eigenvalue weighted by molar-refractivity contribution is 0.0465. The maximum absolute atomic E-state index is 12.5. The number of hydrogen-bond donors (Lipinski definition) is 0. The minimum atomic E-state index is -0.431. The summed E-state index contributed by atoms with van der Waals surface area (Å²) in [7, 11) is 0. The highest BCUT2D eigenvalue weighted by molar-refractivity contribution is 7.98. The van der Waals surface area contributed by atoms with Crippen LogP contribution in [0, 0.1) is 27.7 Å². The van der Waals surface area contributed by atoms with Crippen LogP contribution in [0.5, 0.6) is 0 Å². The second-order valence-corrected chi connectivity index (χ2v) is 6.79. The molecule has 0 aromatic carbocycles. The fraction of sp³-hybridized carbons (Fsp3) is 0.333. The van der Waals surface area contributed by atoms with Crippen molar-refractivity contribution in [2.24, 2.45) is 0 Å². The Morgan fingerprint density at radius 1 is 1.08 bits per heavy atom. The molecule has 3 heterocycles. The summed E-state index contributed by atoms with van der Waals surface area (Å²) < 4.78 is 15.7. The Balaban J connectivity index is 1.71. The third kappa shape index (κ3) is 3.80. The number of aromatic nitrogens is 3. The van der Waals surface area contributed by atoms with Gasteiger partial charge in [0.25, 0.3) is 0 Å². The number of ether oxygens (including phenoxy) is 1. The maximum atomic E-state index is 12.5. The quantitative estimate of drug-likeness (QED) is 0.474. The second kappa shape index (κ2) is 7.74. The molecule has 0 bridgehead atoms. The average molecular weight is 373 g/mol. The largest absolute Gasteiger partial charge is 0.457 e. The molecule has 26 heavy (non-hydrogen) atoms. The van der Waals surface area contributed by atoms with Crippen molar-refractivity contribution in [2.45, 2.75) is 45.1 Å². The summed E-state index contributed by atoms with van der Waals surface area (Å²) in [5, 5.41) is 8.41. The summed E-state index contributed by atoms with van der Waals surface area (Å²) in [6, 6.07) is 3.42. The molecule has 0 aliphatic heterocycles. The molecule has 136 valence electrons. The zero-order valence-corrected chi connectivity index (χ0v) is 15.8. The van der Waals surface area contributed by atoms with E-state index in [2.05, 4.69) is 15.3 Å². The van der Waals surface area contributed by atoms with E-state index in [0.717, 1.165) is 28.3 Å². The Morgan fingerprint density at radius 2 is 1.73 bits per heavy atom. The standard InChI is InChI=1S/C18H19N3O4S/c1-10-15(12(3)24-20-10)8-23-18(22)14-6-5-7-19-17(14)26-9-16-11(2)21-25-13(16)4/h5-7H,8-9H2,1-4H3. The molecule has 0 amide bonds. The molecule has 3 aromatic heterocycles. The molecule has 7 nitrogen and oxygen atoms in total. The van der Waals surface area contributed by atoms with E-state index >= 15 is 0 Å². The minimum absolute atomic E-state index is 0.114. The van der Waals surface area contributed by atoms with E-state index in [-0.39, 0.29) is 6.61 Å². The molecule has 0 saturated heterocycles. The van der Waals surface area contributed by atoms with Crippen LogP contribution in [0.3, 0.4) is 0 Å². The summed E-state index contributed by atoms with van der Waals surface area (Å²) in [4.78, 5) is 16.8. The summed E-state index contributed by atoms with van der Waals surface area (Å²) in [5.41, 5.74) is 3.78. The third-order valence-corrected chi connectivity index (χ3v) is 5.09. The first-order valence-corrected chi connectivity index (χ1v) is 9.04. The van der Waals surface area contributed by atoms with Crippen molar-refractivity contribution in [2.75, 3.05) is 0 Å². The van der Waals surface area contributed by atoms with E-state index in [4.69, 9.17) is 13.8 Å². The minimum Gasteiger partial charge on any atom is -0.457 e. The molecule has 0 atom stereocenters. The highest BCUT2D eigenvalue weighted by Crippen LogP contribution is 2.27. The van der Waals surface area contributed by atoms with Gasteiger partial charge in [0.15, 0.2) is 0 Å². The zero-order valence-electron chi connectivity index (χ0n) is 15.0. The van der Waals surface area contributed by atoms with E-state index in [1.165, 1.54) is 11.8 Å². The third-order valence-electron chi connectivity index (χ3n) is 4.05. The molecule has 0 unspecified atom stereocenters. The molecule has 0 N–H and O–H groups in total. The van der Waals surface area contributed by atoms with Crippen LogP contribution in [-0.2, 0) is 17.1 Å². The number of aryl methyl sites for hydroxylation is 4. The second-order valence-electron chi connectivity index (χ2n) is 5.83. The van der Waals surface area contributed by atoms with Crippen LogP contribution in [0.25, 0.3) is 0 Å². The van der Waals surface area contributed by atoms with Gasteiger partial charge in [-0.15, -0.1) is 11.8 Å². The smallest absolute Gasteiger partial charge is 0.341 e. The van der Waals surface area contributed by atoms with Crippen molar-refractivity contribution in [1.82, 2.24) is 15.3 Å². The predicted octanol–water partition coefficient (Wildman–Crippen LogP) is 3.94. The number of carbonyl (C=O) groups excluding carboxylic acids is 1. The van der Waals surface area contributed by atoms with Gasteiger partial charge in [-0.2, -0.15) is 0 Å². The maximum Gasteiger partial charge on any atom is 0.341 e. The average Bonchev–Trinajstić information content (AvgIpc) is 3.13. The first-order valence-electron chi connectivity index (χ1n) is 8.05. The fourth-order valence-corrected chi connectivity index (χ4v) is 3.57. The number of nitrogens with zero attached hydrogens (tertiary/aromatic N) is 3. The van der Waals surface area contributed by atoms with Crippen molar-refractivity contribution in [3.8, 4) is 0 Å². The number of pyridine rings is 1. The first kappa shape index (κ1) is 18.2. The first-order chi connectivity index (χ1) is 12.5. The Kier molecular flexibility index (Phi) is 5.41. The van der Waals surface area contributed by atoms with E-state index < -0.39 is 5.97 Å². The van der Waals surface area contributed by atoms with E-state index in [9.17, 15) is 4.79 Å². The van der Waals surface area contributed by atoms with Crippen molar-refractivity contribution >= 4 is 17.7 Å². The van der Waals surface area contributed by atoms with Crippen LogP contribution < -0.4 is 0 Å². The van der Waals surface area contributed by atoms with Gasteiger partial charge < -0.3 is 13.8 Å². The van der Waals surface area contributed by atoms with Gasteiger partial charge in [0, 0.05) is 17.5 Å². The summed E-state index contributed by atoms with van der Waals surface area (Å²) in [6.07, 6.45) is 1.65. The van der Waals surface area contributed by atoms with Crippen LogP contribution in [-0.4, -0.2) is 21.3 Å². The highest BCUT2D eigenvalue weighted by Gasteiger charge is 2.18. The van der Waals surface area contributed by atoms with Gasteiger partial charge >= 0.3 is 5.97 Å². The molecule has 0 radical (unpaired) electrons. The van der Waals surface area contributed by atoms with Gasteiger partial charge in [0.05, 0.1) is 22.5 Å². The number of carbonyl (C=O) groups is 1. The molecule has 0 aliphatic rings. The highest BCUT2D eigenvalue weighted by atomic mass is 32.2. The number of esters is 1. The lowest BCUT2D eigenvalue weighted by atomic mass is 10.2. The Labute approximate surface area is 155 Å². The molecule has 3 rings (SSSR count). The lowest BCUT2D eigenvalue weighted by Gasteiger charge is -2.08. The van der Waals surface area contributed by atoms with Gasteiger partial charge in [0.1, 0.15) is 23.2 Å². The van der Waals surface area contributed by atoms with Crippen molar-refractivity contribution in [1.29, 1.82) is 0 Å². The van der Waals surface area contributed by atoms with Gasteiger partial charge in [-0.25, -0.2) is 9.78 Å². The molecule has 0 fully saturated rings. The van der Waals surface area contributed by atoms with Crippen LogP contribution in [0.1, 0.15) is 44.4 Å². The molecular weight excluding hydrogens is 354 g/mol. The predicted molar refractivity (Wildman–Crippen MR) is 94.9 cm³/mol. The Bertz CT molecular complexity index is 893. The van der Waals surface area contributed by atoms with Crippen molar-refractivity contribution in [3.05, 3.63) is 57.9 Å². The molecule has 3 aromatic rings. The van der Waals surface area contributed by atoms with Gasteiger partial charge in [-0.05, 0) is 39.8 Å². The molecule has 0 aliphatic carbocycles. The van der Waals surface area contributed by atoms with E-state index in [1.54, 1.807) is 25.3 Å². The fourth-order valence-electron chi connectivity index (χ4n) is 2.43. The number of hydrogen-bond acceptors (Lipinski definition) is 8. The van der Waals surface area contributed by atoms with Gasteiger partial charge in [0.2, 0.25) is 0 Å². The monoisotopic (exact) mass is 373 g/mol. The molecule has 0 saturated carbocycles. The van der Waals surface area contributed by atoms with Crippen LogP contribution >= 0.6 is 11.8 Å². The Morgan fingerprint density at radius 3 is 2.35 bits per heavy atom. The number of thioether (sulfide) groups is 1. The number of rotatable bonds is 6. The van der Waals surface area contributed by atoms with Crippen molar-refractivity contribution < 1.29 is 18.6 Å². The Hall–Kier alpha value is -2.61. The summed E-state index contributed by atoms with van der Waals surface area (Å²) in [5.74, 6) is 1.60. The van der Waals surface area contributed by atoms with E-state index in [1.807, 2.05) is 20.8 Å². The molecule has 8 heteroatoms. The topological polar surface area (TPSA) is 91.2 Å². The normalized spacial score (nSPS) is 10.9. The van der Waals surface area contributed by atoms with Crippen LogP contribution in [0.2, 0.25) is 0 Å². The van der Waals surface area contributed by atoms with Crippen molar-refractivity contribution in [3.63, 3.8) is 0 Å². The molecule has 0 spiro atoms. The summed E-state index contributed by atoms with van der Waals surface area (Å²) >= 11 is 1.45. The van der Waals surface area contributed by atoms with Crippen LogP contribution in [0.15, 0.2) is 32.4 Å². The van der Waals surface area contributed by atoms with E-state index in [0.29, 0.717) is 22.1 Å². The SMILES string of the molecule is Cc1noc(C)c1COC(=O)c1cccnc1SCc1c(C)noc1C. The zero-order chi connectivity index (χ0) is 18.7. The molecular formula is C18H19N3O4S. The lowest BCUT2D eigenvalue weighted by Crippen LogP contribution is -2.08.